The maximum Gasteiger partial charge on any atom is 0.0868 e. The zero-order valence-electron chi connectivity index (χ0n) is 34.0. The fourth-order valence-corrected chi connectivity index (χ4v) is 25.8. The minimum atomic E-state index is -1.70. The molecular weight excluding hydrogens is 655 g/mol. The van der Waals surface area contributed by atoms with Crippen LogP contribution in [0.1, 0.15) is 112 Å². The molecule has 1 atom stereocenters. The SMILES string of the molecule is CC[Si](CC)(CC)C1=CC[C@@H](c2c(N)cc([Si](CC)(CC)CC)c3cc([Si](CC)(CC)CC)ccc23)c2ccc([Si](CC)(CC)CC)cc21. The van der Waals surface area contributed by atoms with Gasteiger partial charge in [-0.25, -0.2) is 0 Å². The maximum atomic E-state index is 7.43. The summed E-state index contributed by atoms with van der Waals surface area (Å²) in [6.45, 7) is 29.6. The van der Waals surface area contributed by atoms with Crippen molar-refractivity contribution in [2.24, 2.45) is 0 Å². The Hall–Kier alpha value is -1.67. The van der Waals surface area contributed by atoms with Crippen molar-refractivity contribution >= 4 is 69.5 Å². The van der Waals surface area contributed by atoms with Gasteiger partial charge in [-0.15, -0.1) is 0 Å². The van der Waals surface area contributed by atoms with Crippen molar-refractivity contribution in [1.82, 2.24) is 0 Å². The molecule has 0 spiro atoms. The zero-order valence-corrected chi connectivity index (χ0v) is 38.0. The number of rotatable bonds is 17. The van der Waals surface area contributed by atoms with Crippen molar-refractivity contribution < 1.29 is 0 Å². The van der Waals surface area contributed by atoms with Crippen molar-refractivity contribution in [2.75, 3.05) is 5.73 Å². The molecule has 0 heterocycles. The van der Waals surface area contributed by atoms with E-state index in [1.165, 1.54) is 83.5 Å². The van der Waals surface area contributed by atoms with Crippen molar-refractivity contribution in [2.45, 2.75) is 168 Å². The highest BCUT2D eigenvalue weighted by molar-refractivity contribution is 6.97. The third kappa shape index (κ3) is 6.61. The minimum absolute atomic E-state index is 0.305. The Bertz CT molecular complexity index is 1570. The smallest absolute Gasteiger partial charge is 0.0868 e. The topological polar surface area (TPSA) is 26.0 Å². The van der Waals surface area contributed by atoms with E-state index in [0.29, 0.717) is 5.92 Å². The molecule has 0 radical (unpaired) electrons. The molecule has 0 unspecified atom stereocenters. The molecule has 4 rings (SSSR count). The molecule has 49 heavy (non-hydrogen) atoms. The molecule has 0 fully saturated rings. The highest BCUT2D eigenvalue weighted by Gasteiger charge is 2.40. The summed E-state index contributed by atoms with van der Waals surface area (Å²) in [5.41, 5.74) is 13.1. The van der Waals surface area contributed by atoms with Gasteiger partial charge >= 0.3 is 0 Å². The van der Waals surface area contributed by atoms with Crippen LogP contribution in [0, 0.1) is 0 Å². The summed E-state index contributed by atoms with van der Waals surface area (Å²) in [5.74, 6) is 0.305. The van der Waals surface area contributed by atoms with Crippen LogP contribution in [0.2, 0.25) is 72.5 Å². The maximum absolute atomic E-state index is 7.43. The summed E-state index contributed by atoms with van der Waals surface area (Å²) in [4.78, 5) is 0. The molecule has 270 valence electrons. The quantitative estimate of drug-likeness (QED) is 0.109. The summed E-state index contributed by atoms with van der Waals surface area (Å²) in [7, 11) is -6.40. The number of nitrogens with two attached hydrogens (primary N) is 1. The van der Waals surface area contributed by atoms with Crippen molar-refractivity contribution in [3.8, 4) is 0 Å². The van der Waals surface area contributed by atoms with E-state index in [9.17, 15) is 0 Å². The second-order valence-electron chi connectivity index (χ2n) is 15.8. The lowest BCUT2D eigenvalue weighted by Crippen LogP contribution is -2.48. The Labute approximate surface area is 307 Å². The fourth-order valence-electron chi connectivity index (χ4n) is 10.7. The molecule has 1 aliphatic carbocycles. The molecule has 0 bridgehead atoms. The van der Waals surface area contributed by atoms with Gasteiger partial charge in [-0.3, -0.25) is 0 Å². The molecular formula is C44H73NSi4. The van der Waals surface area contributed by atoms with E-state index in [1.807, 2.05) is 0 Å². The molecule has 0 aromatic heterocycles. The number of hydrogen-bond acceptors (Lipinski definition) is 1. The molecule has 3 aromatic rings. The fraction of sp³-hybridized carbons (Fsp3) is 0.591. The molecule has 0 saturated carbocycles. The van der Waals surface area contributed by atoms with Crippen LogP contribution in [0.15, 0.2) is 48.5 Å². The first-order chi connectivity index (χ1) is 23.5. The van der Waals surface area contributed by atoms with Gasteiger partial charge in [0.25, 0.3) is 0 Å². The van der Waals surface area contributed by atoms with Crippen LogP contribution in [0.25, 0.3) is 16.0 Å². The first kappa shape index (κ1) is 40.1. The first-order valence-electron chi connectivity index (χ1n) is 20.8. The van der Waals surface area contributed by atoms with Gasteiger partial charge in [-0.1, -0.05) is 214 Å². The van der Waals surface area contributed by atoms with Crippen molar-refractivity contribution in [3.05, 3.63) is 65.2 Å². The van der Waals surface area contributed by atoms with Crippen LogP contribution in [0.3, 0.4) is 0 Å². The summed E-state index contributed by atoms with van der Waals surface area (Å²) in [6, 6.07) is 34.1. The Morgan fingerprint density at radius 2 is 0.959 bits per heavy atom. The number of anilines is 1. The number of fused-ring (bicyclic) bond motifs is 2. The first-order valence-corrected chi connectivity index (χ1v) is 31.2. The number of nitrogen functional groups attached to an aromatic ring is 1. The van der Waals surface area contributed by atoms with Crippen LogP contribution in [0.5, 0.6) is 0 Å². The van der Waals surface area contributed by atoms with Crippen LogP contribution in [-0.2, 0) is 0 Å². The van der Waals surface area contributed by atoms with Crippen molar-refractivity contribution in [3.63, 3.8) is 0 Å². The summed E-state index contributed by atoms with van der Waals surface area (Å²) in [5, 5.41) is 9.80. The van der Waals surface area contributed by atoms with E-state index in [1.54, 1.807) is 37.3 Å². The van der Waals surface area contributed by atoms with E-state index < -0.39 is 32.3 Å². The summed E-state index contributed by atoms with van der Waals surface area (Å²) >= 11 is 0. The highest BCUT2D eigenvalue weighted by atomic mass is 28.3. The van der Waals surface area contributed by atoms with Gasteiger partial charge in [0.05, 0.1) is 32.3 Å². The largest absolute Gasteiger partial charge is 0.398 e. The van der Waals surface area contributed by atoms with Gasteiger partial charge in [0.15, 0.2) is 0 Å². The third-order valence-corrected chi connectivity index (χ3v) is 37.8. The molecule has 1 nitrogen and oxygen atoms in total. The normalized spacial score (nSPS) is 15.8. The molecule has 3 aromatic carbocycles. The second-order valence-corrected chi connectivity index (χ2v) is 36.7. The average Bonchev–Trinajstić information content (AvgIpc) is 3.15. The monoisotopic (exact) mass is 727 g/mol. The Morgan fingerprint density at radius 1 is 0.510 bits per heavy atom. The summed E-state index contributed by atoms with van der Waals surface area (Å²) < 4.78 is 0. The second kappa shape index (κ2) is 16.3. The van der Waals surface area contributed by atoms with E-state index in [4.69, 9.17) is 5.73 Å². The lowest BCUT2D eigenvalue weighted by Gasteiger charge is -2.39. The highest BCUT2D eigenvalue weighted by Crippen LogP contribution is 2.48. The van der Waals surface area contributed by atoms with Gasteiger partial charge in [-0.05, 0) is 45.1 Å². The predicted octanol–water partition coefficient (Wildman–Crippen LogP) is 12.5. The Balaban J connectivity index is 2.12. The Kier molecular flexibility index (Phi) is 13.4. The predicted molar refractivity (Wildman–Crippen MR) is 237 cm³/mol. The molecule has 0 aliphatic heterocycles. The van der Waals surface area contributed by atoms with Gasteiger partial charge in [-0.2, -0.15) is 0 Å². The molecule has 0 saturated heterocycles. The van der Waals surface area contributed by atoms with Crippen LogP contribution < -0.4 is 21.3 Å². The van der Waals surface area contributed by atoms with Gasteiger partial charge < -0.3 is 5.73 Å². The van der Waals surface area contributed by atoms with Crippen LogP contribution >= 0.6 is 0 Å². The van der Waals surface area contributed by atoms with Gasteiger partial charge in [0.2, 0.25) is 0 Å². The lowest BCUT2D eigenvalue weighted by molar-refractivity contribution is 0.826. The number of hydrogen-bond donors (Lipinski definition) is 1. The molecule has 5 heteroatoms. The van der Waals surface area contributed by atoms with Crippen molar-refractivity contribution in [1.29, 1.82) is 0 Å². The molecule has 0 amide bonds. The van der Waals surface area contributed by atoms with Crippen LogP contribution in [0.4, 0.5) is 5.69 Å². The average molecular weight is 728 g/mol. The molecule has 1 aliphatic rings. The van der Waals surface area contributed by atoms with E-state index >= 15 is 0 Å². The third-order valence-electron chi connectivity index (χ3n) is 15.3. The lowest BCUT2D eigenvalue weighted by atomic mass is 9.79. The Morgan fingerprint density at radius 3 is 1.43 bits per heavy atom. The molecule has 2 N–H and O–H groups in total. The van der Waals surface area contributed by atoms with E-state index in [2.05, 4.69) is 132 Å². The van der Waals surface area contributed by atoms with Gasteiger partial charge in [0.1, 0.15) is 0 Å². The van der Waals surface area contributed by atoms with Gasteiger partial charge in [0, 0.05) is 11.6 Å². The van der Waals surface area contributed by atoms with E-state index in [-0.39, 0.29) is 0 Å². The zero-order chi connectivity index (χ0) is 36.2. The number of benzene rings is 3. The minimum Gasteiger partial charge on any atom is -0.398 e. The number of allylic oxidation sites excluding steroid dienone is 1. The standard InChI is InChI=1S/C44H73NSi4/c1-13-46(14-2,15-3)34-25-27-36-37(29-30-42(39(36)31-34)48(19-7,20-8)21-9)44-38-28-26-35(47(16-4,17-5)18-6)32-40(38)43(33-41(44)45)49(22-10,23-11)24-12/h25-28,30-33,37H,13-24,29,45H2,1-12H3/t37-/m1/s1. The van der Waals surface area contributed by atoms with Crippen LogP contribution in [-0.4, -0.2) is 32.3 Å². The summed E-state index contributed by atoms with van der Waals surface area (Å²) in [6.07, 6.45) is 3.82. The van der Waals surface area contributed by atoms with E-state index in [0.717, 1.165) is 12.1 Å².